The summed E-state index contributed by atoms with van der Waals surface area (Å²) in [6.07, 6.45) is 9.67. The first-order valence-corrected chi connectivity index (χ1v) is 7.86. The molecule has 0 heterocycles. The van der Waals surface area contributed by atoms with Gasteiger partial charge in [0.1, 0.15) is 6.10 Å². The number of rotatable bonds is 10. The van der Waals surface area contributed by atoms with Crippen molar-refractivity contribution in [1.29, 1.82) is 0 Å². The van der Waals surface area contributed by atoms with Gasteiger partial charge in [-0.25, -0.2) is 4.79 Å². The van der Waals surface area contributed by atoms with Crippen molar-refractivity contribution < 1.29 is 14.6 Å². The Balaban J connectivity index is 2.25. The van der Waals surface area contributed by atoms with Gasteiger partial charge in [-0.2, -0.15) is 4.89 Å². The third-order valence-corrected chi connectivity index (χ3v) is 3.31. The van der Waals surface area contributed by atoms with E-state index in [1.54, 1.807) is 6.08 Å². The van der Waals surface area contributed by atoms with Crippen molar-refractivity contribution in [3.8, 4) is 0 Å². The molecule has 0 aromatic heterocycles. The molecule has 1 aromatic carbocycles. The van der Waals surface area contributed by atoms with Crippen LogP contribution in [0.15, 0.2) is 36.4 Å². The van der Waals surface area contributed by atoms with E-state index in [1.807, 2.05) is 37.3 Å². The van der Waals surface area contributed by atoms with E-state index in [9.17, 15) is 4.79 Å². The third-order valence-electron chi connectivity index (χ3n) is 3.31. The summed E-state index contributed by atoms with van der Waals surface area (Å²) in [6.45, 7) is 4.23. The lowest BCUT2D eigenvalue weighted by Gasteiger charge is -2.13. The highest BCUT2D eigenvalue weighted by molar-refractivity contribution is 5.86. The highest BCUT2D eigenvalue weighted by Crippen LogP contribution is 2.11. The van der Waals surface area contributed by atoms with Crippen molar-refractivity contribution in [2.75, 3.05) is 0 Å². The Morgan fingerprint density at radius 3 is 2.57 bits per heavy atom. The average molecular weight is 290 g/mol. The Hall–Kier alpha value is -1.61. The largest absolute Gasteiger partial charge is 0.365 e. The molecule has 0 N–H and O–H groups in total. The molecule has 1 atom stereocenters. The first kappa shape index (κ1) is 17.4. The predicted molar refractivity (Wildman–Crippen MR) is 85.5 cm³/mol. The fourth-order valence-corrected chi connectivity index (χ4v) is 1.99. The fraction of sp³-hybridized carbons (Fsp3) is 0.500. The maximum absolute atomic E-state index is 11.6. The Morgan fingerprint density at radius 2 is 1.90 bits per heavy atom. The highest BCUT2D eigenvalue weighted by atomic mass is 17.2. The van der Waals surface area contributed by atoms with Crippen LogP contribution in [0.3, 0.4) is 0 Å². The molecule has 0 aliphatic rings. The number of unbranched alkanes of at least 4 members (excludes halogenated alkanes) is 3. The Bertz CT molecular complexity index is 412. The van der Waals surface area contributed by atoms with Gasteiger partial charge in [0.15, 0.2) is 0 Å². The average Bonchev–Trinajstić information content (AvgIpc) is 2.53. The number of carbonyl (C=O) groups is 1. The maximum atomic E-state index is 11.6. The summed E-state index contributed by atoms with van der Waals surface area (Å²) < 4.78 is 0. The van der Waals surface area contributed by atoms with E-state index in [0.717, 1.165) is 24.8 Å². The van der Waals surface area contributed by atoms with Crippen LogP contribution < -0.4 is 0 Å². The van der Waals surface area contributed by atoms with Gasteiger partial charge in [0.05, 0.1) is 0 Å². The zero-order valence-electron chi connectivity index (χ0n) is 13.1. The van der Waals surface area contributed by atoms with Crippen LogP contribution in [0.25, 0.3) is 6.08 Å². The van der Waals surface area contributed by atoms with E-state index < -0.39 is 5.97 Å². The standard InChI is InChI=1S/C18H26O3/c1-3-5-6-10-13-17(4-2)20-21-18(19)15-14-16-11-8-7-9-12-16/h7-9,11-12,14-15,17H,3-6,10,13H2,1-2H3. The van der Waals surface area contributed by atoms with Crippen molar-refractivity contribution in [2.45, 2.75) is 58.5 Å². The topological polar surface area (TPSA) is 35.5 Å². The van der Waals surface area contributed by atoms with E-state index in [1.165, 1.54) is 25.3 Å². The molecule has 0 saturated heterocycles. The number of hydrogen-bond acceptors (Lipinski definition) is 3. The molecule has 1 unspecified atom stereocenters. The Morgan fingerprint density at radius 1 is 1.14 bits per heavy atom. The zero-order valence-corrected chi connectivity index (χ0v) is 13.1. The summed E-state index contributed by atoms with van der Waals surface area (Å²) in [7, 11) is 0. The van der Waals surface area contributed by atoms with Gasteiger partial charge < -0.3 is 0 Å². The molecule has 0 aliphatic heterocycles. The summed E-state index contributed by atoms with van der Waals surface area (Å²) in [5.41, 5.74) is 0.959. The minimum Gasteiger partial charge on any atom is -0.293 e. The van der Waals surface area contributed by atoms with Crippen LogP contribution in [0.1, 0.15) is 57.9 Å². The van der Waals surface area contributed by atoms with Crippen LogP contribution in [-0.2, 0) is 14.6 Å². The second-order valence-electron chi connectivity index (χ2n) is 5.12. The van der Waals surface area contributed by atoms with Gasteiger partial charge in [-0.05, 0) is 24.5 Å². The van der Waals surface area contributed by atoms with Crippen molar-refractivity contribution in [3.63, 3.8) is 0 Å². The molecule has 1 aromatic rings. The molecule has 3 heteroatoms. The summed E-state index contributed by atoms with van der Waals surface area (Å²) in [5.74, 6) is -0.467. The number of carbonyl (C=O) groups excluding carboxylic acids is 1. The second-order valence-corrected chi connectivity index (χ2v) is 5.12. The number of benzene rings is 1. The van der Waals surface area contributed by atoms with E-state index in [2.05, 4.69) is 6.92 Å². The molecule has 116 valence electrons. The minimum atomic E-state index is -0.467. The fourth-order valence-electron chi connectivity index (χ4n) is 1.99. The van der Waals surface area contributed by atoms with Gasteiger partial charge in [0.2, 0.25) is 0 Å². The molecule has 21 heavy (non-hydrogen) atoms. The molecule has 0 spiro atoms. The molecular weight excluding hydrogens is 264 g/mol. The second kappa shape index (κ2) is 11.1. The van der Waals surface area contributed by atoms with Crippen molar-refractivity contribution in [2.24, 2.45) is 0 Å². The maximum Gasteiger partial charge on any atom is 0.365 e. The molecule has 1 rings (SSSR count). The number of hydrogen-bond donors (Lipinski definition) is 0. The lowest BCUT2D eigenvalue weighted by atomic mass is 10.1. The lowest BCUT2D eigenvalue weighted by Crippen LogP contribution is -2.14. The van der Waals surface area contributed by atoms with E-state index >= 15 is 0 Å². The monoisotopic (exact) mass is 290 g/mol. The quantitative estimate of drug-likeness (QED) is 0.265. The molecule has 0 aliphatic carbocycles. The van der Waals surface area contributed by atoms with Gasteiger partial charge in [-0.15, -0.1) is 0 Å². The van der Waals surface area contributed by atoms with Crippen molar-refractivity contribution in [1.82, 2.24) is 0 Å². The molecule has 0 fully saturated rings. The highest BCUT2D eigenvalue weighted by Gasteiger charge is 2.09. The van der Waals surface area contributed by atoms with Crippen LogP contribution in [-0.4, -0.2) is 12.1 Å². The Labute approximate surface area is 127 Å². The molecule has 0 bridgehead atoms. The SMILES string of the molecule is CCCCCCC(CC)OOC(=O)C=Cc1ccccc1. The van der Waals surface area contributed by atoms with E-state index in [0.29, 0.717) is 0 Å². The van der Waals surface area contributed by atoms with Gasteiger partial charge in [-0.1, -0.05) is 69.9 Å². The van der Waals surface area contributed by atoms with E-state index in [-0.39, 0.29) is 6.10 Å². The first-order valence-electron chi connectivity index (χ1n) is 7.86. The zero-order chi connectivity index (χ0) is 15.3. The van der Waals surface area contributed by atoms with Crippen molar-refractivity contribution in [3.05, 3.63) is 42.0 Å². The minimum absolute atomic E-state index is 0.00377. The van der Waals surface area contributed by atoms with Crippen LogP contribution in [0.4, 0.5) is 0 Å². The molecule has 0 radical (unpaired) electrons. The first-order chi connectivity index (χ1) is 10.3. The normalized spacial score (nSPS) is 12.5. The molecular formula is C18H26O3. The third kappa shape index (κ3) is 8.30. The molecule has 0 amide bonds. The molecule has 3 nitrogen and oxygen atoms in total. The van der Waals surface area contributed by atoms with Crippen LogP contribution in [0, 0.1) is 0 Å². The van der Waals surface area contributed by atoms with Crippen LogP contribution in [0.5, 0.6) is 0 Å². The summed E-state index contributed by atoms with van der Waals surface area (Å²) >= 11 is 0. The van der Waals surface area contributed by atoms with Gasteiger partial charge in [-0.3, -0.25) is 4.89 Å². The van der Waals surface area contributed by atoms with Crippen molar-refractivity contribution >= 4 is 12.0 Å². The summed E-state index contributed by atoms with van der Waals surface area (Å²) in [6, 6.07) is 9.62. The van der Waals surface area contributed by atoms with Crippen LogP contribution >= 0.6 is 0 Å². The van der Waals surface area contributed by atoms with Crippen LogP contribution in [0.2, 0.25) is 0 Å². The van der Waals surface area contributed by atoms with Gasteiger partial charge in [0, 0.05) is 6.08 Å². The van der Waals surface area contributed by atoms with Gasteiger partial charge in [0.25, 0.3) is 0 Å². The Kier molecular flexibility index (Phi) is 9.21. The predicted octanol–water partition coefficient (Wildman–Crippen LogP) is 4.92. The molecule has 0 saturated carbocycles. The van der Waals surface area contributed by atoms with E-state index in [4.69, 9.17) is 9.78 Å². The van der Waals surface area contributed by atoms with Gasteiger partial charge >= 0.3 is 5.97 Å². The summed E-state index contributed by atoms with van der Waals surface area (Å²) in [5, 5.41) is 0. The smallest absolute Gasteiger partial charge is 0.293 e. The lowest BCUT2D eigenvalue weighted by molar-refractivity contribution is -0.295. The summed E-state index contributed by atoms with van der Waals surface area (Å²) in [4.78, 5) is 21.6.